The molecule has 0 aromatic heterocycles. The van der Waals surface area contributed by atoms with Crippen LogP contribution in [0.1, 0.15) is 17.2 Å². The number of benzene rings is 2. The van der Waals surface area contributed by atoms with Crippen molar-refractivity contribution in [1.82, 2.24) is 5.32 Å². The minimum absolute atomic E-state index is 0.319. The van der Waals surface area contributed by atoms with Gasteiger partial charge in [0.25, 0.3) is 5.91 Å². The number of hydrogen-bond donors (Lipinski definition) is 2. The lowest BCUT2D eigenvalue weighted by molar-refractivity contribution is -0.134. The highest BCUT2D eigenvalue weighted by atomic mass is 79.9. The first kappa shape index (κ1) is 18.2. The number of hydrogen-bond acceptors (Lipinski definition) is 3. The van der Waals surface area contributed by atoms with Crippen molar-refractivity contribution in [3.63, 3.8) is 0 Å². The molecule has 0 heterocycles. The van der Waals surface area contributed by atoms with E-state index in [1.54, 1.807) is 12.1 Å². The summed E-state index contributed by atoms with van der Waals surface area (Å²) >= 11 is 3.36. The fourth-order valence-corrected chi connectivity index (χ4v) is 2.61. The van der Waals surface area contributed by atoms with Gasteiger partial charge in [-0.05, 0) is 23.3 Å². The molecule has 0 unspecified atom stereocenters. The summed E-state index contributed by atoms with van der Waals surface area (Å²) in [6.45, 7) is 0. The Morgan fingerprint density at radius 2 is 1.75 bits per heavy atom. The minimum atomic E-state index is -0.806. The van der Waals surface area contributed by atoms with Gasteiger partial charge in [0.1, 0.15) is 6.04 Å². The number of nitrogens with two attached hydrogens (primary N) is 1. The highest BCUT2D eigenvalue weighted by Gasteiger charge is 2.25. The van der Waals surface area contributed by atoms with Crippen LogP contribution in [0.5, 0.6) is 0 Å². The summed E-state index contributed by atoms with van der Waals surface area (Å²) in [5.41, 5.74) is 7.05. The number of amides is 2. The largest absolute Gasteiger partial charge is 0.368 e. The van der Waals surface area contributed by atoms with Crippen molar-refractivity contribution >= 4 is 27.7 Å². The molecule has 3 N–H and O–H groups in total. The third kappa shape index (κ3) is 4.91. The molecule has 2 aromatic carbocycles. The van der Waals surface area contributed by atoms with Crippen LogP contribution >= 0.6 is 15.9 Å². The maximum atomic E-state index is 12.5. The lowest BCUT2D eigenvalue weighted by atomic mass is 10.0. The van der Waals surface area contributed by atoms with Gasteiger partial charge in [-0.15, -0.1) is 0 Å². The van der Waals surface area contributed by atoms with Crippen molar-refractivity contribution in [2.24, 2.45) is 5.73 Å². The van der Waals surface area contributed by atoms with E-state index in [9.17, 15) is 9.59 Å². The van der Waals surface area contributed by atoms with Crippen LogP contribution in [0.4, 0.5) is 0 Å². The van der Waals surface area contributed by atoms with Crippen molar-refractivity contribution in [3.05, 3.63) is 70.2 Å². The van der Waals surface area contributed by atoms with E-state index in [0.717, 1.165) is 10.0 Å². The number of nitrogens with one attached hydrogen (secondary N) is 1. The maximum Gasteiger partial charge on any atom is 0.254 e. The van der Waals surface area contributed by atoms with E-state index in [1.807, 2.05) is 42.5 Å². The monoisotopic (exact) mass is 390 g/mol. The Labute approximate surface area is 149 Å². The van der Waals surface area contributed by atoms with Crippen LogP contribution in [0, 0.1) is 0 Å². The van der Waals surface area contributed by atoms with E-state index < -0.39 is 24.0 Å². The van der Waals surface area contributed by atoms with Gasteiger partial charge in [0.15, 0.2) is 6.10 Å². The van der Waals surface area contributed by atoms with E-state index in [1.165, 1.54) is 7.11 Å². The Morgan fingerprint density at radius 3 is 2.29 bits per heavy atom. The van der Waals surface area contributed by atoms with Gasteiger partial charge in [-0.25, -0.2) is 0 Å². The first-order valence-corrected chi connectivity index (χ1v) is 8.22. The molecule has 0 radical (unpaired) electrons. The number of halogens is 1. The Bertz CT molecular complexity index is 689. The van der Waals surface area contributed by atoms with E-state index in [4.69, 9.17) is 10.5 Å². The highest BCUT2D eigenvalue weighted by molar-refractivity contribution is 9.10. The quantitative estimate of drug-likeness (QED) is 0.760. The molecule has 2 rings (SSSR count). The zero-order valence-electron chi connectivity index (χ0n) is 13.2. The van der Waals surface area contributed by atoms with E-state index >= 15 is 0 Å². The zero-order chi connectivity index (χ0) is 17.5. The molecular formula is C18H19BrN2O3. The van der Waals surface area contributed by atoms with Gasteiger partial charge in [-0.3, -0.25) is 9.59 Å². The maximum absolute atomic E-state index is 12.5. The second-order valence-corrected chi connectivity index (χ2v) is 6.24. The standard InChI is InChI=1S/C18H19BrN2O3/c1-24-16(13-5-3-2-4-6-13)18(23)21-15(17(20)22)11-12-7-9-14(19)10-8-12/h2-10,15-16H,11H2,1H3,(H2,20,22)(H,21,23)/t15-,16-/m0/s1. The van der Waals surface area contributed by atoms with Gasteiger partial charge in [-0.2, -0.15) is 0 Å². The Balaban J connectivity index is 2.10. The molecule has 0 aliphatic carbocycles. The summed E-state index contributed by atoms with van der Waals surface area (Å²) in [6, 6.07) is 15.8. The van der Waals surface area contributed by atoms with Gasteiger partial charge in [0.05, 0.1) is 0 Å². The SMILES string of the molecule is CO[C@H](C(=O)N[C@@H](Cc1ccc(Br)cc1)C(N)=O)c1ccccc1. The first-order chi connectivity index (χ1) is 11.5. The van der Waals surface area contributed by atoms with Gasteiger partial charge in [-0.1, -0.05) is 58.4 Å². The van der Waals surface area contributed by atoms with Crippen LogP contribution in [0.3, 0.4) is 0 Å². The van der Waals surface area contributed by atoms with Crippen LogP contribution in [0.2, 0.25) is 0 Å². The number of rotatable bonds is 7. The normalized spacial score (nSPS) is 13.1. The fourth-order valence-electron chi connectivity index (χ4n) is 2.35. The summed E-state index contributed by atoms with van der Waals surface area (Å²) < 4.78 is 6.21. The van der Waals surface area contributed by atoms with Crippen molar-refractivity contribution in [3.8, 4) is 0 Å². The molecular weight excluding hydrogens is 372 g/mol. The highest BCUT2D eigenvalue weighted by Crippen LogP contribution is 2.17. The molecule has 0 bridgehead atoms. The number of carbonyl (C=O) groups is 2. The number of methoxy groups -OCH3 is 1. The van der Waals surface area contributed by atoms with Crippen molar-refractivity contribution in [2.75, 3.05) is 7.11 Å². The summed E-state index contributed by atoms with van der Waals surface area (Å²) in [6.07, 6.45) is -0.475. The molecule has 0 saturated carbocycles. The Hall–Kier alpha value is -2.18. The molecule has 6 heteroatoms. The molecule has 2 amide bonds. The Morgan fingerprint density at radius 1 is 1.12 bits per heavy atom. The average Bonchev–Trinajstić information content (AvgIpc) is 2.57. The molecule has 2 atom stereocenters. The number of carbonyl (C=O) groups excluding carboxylic acids is 2. The van der Waals surface area contributed by atoms with Crippen LogP contribution in [0.15, 0.2) is 59.1 Å². The lowest BCUT2D eigenvalue weighted by Crippen LogP contribution is -2.47. The second kappa shape index (κ2) is 8.61. The van der Waals surface area contributed by atoms with Gasteiger partial charge in [0, 0.05) is 18.0 Å². The molecule has 2 aromatic rings. The molecule has 0 fully saturated rings. The summed E-state index contributed by atoms with van der Waals surface area (Å²) in [5.74, 6) is -0.987. The Kier molecular flexibility index (Phi) is 6.52. The topological polar surface area (TPSA) is 81.4 Å². The minimum Gasteiger partial charge on any atom is -0.368 e. The molecule has 126 valence electrons. The van der Waals surface area contributed by atoms with Gasteiger partial charge < -0.3 is 15.8 Å². The first-order valence-electron chi connectivity index (χ1n) is 7.43. The molecule has 5 nitrogen and oxygen atoms in total. The molecule has 0 saturated heterocycles. The number of ether oxygens (including phenoxy) is 1. The van der Waals surface area contributed by atoms with Crippen LogP contribution in [-0.2, 0) is 20.7 Å². The lowest BCUT2D eigenvalue weighted by Gasteiger charge is -2.20. The molecule has 0 aliphatic heterocycles. The van der Waals surface area contributed by atoms with E-state index in [2.05, 4.69) is 21.2 Å². The predicted octanol–water partition coefficient (Wildman–Crippen LogP) is 2.35. The van der Waals surface area contributed by atoms with Crippen LogP contribution in [-0.4, -0.2) is 25.0 Å². The molecule has 0 spiro atoms. The second-order valence-electron chi connectivity index (χ2n) is 5.32. The van der Waals surface area contributed by atoms with Crippen molar-refractivity contribution in [1.29, 1.82) is 0 Å². The number of primary amides is 1. The van der Waals surface area contributed by atoms with Crippen LogP contribution < -0.4 is 11.1 Å². The third-order valence-corrected chi connectivity index (χ3v) is 4.12. The van der Waals surface area contributed by atoms with Crippen LogP contribution in [0.25, 0.3) is 0 Å². The van der Waals surface area contributed by atoms with Crippen molar-refractivity contribution in [2.45, 2.75) is 18.6 Å². The molecule has 0 aliphatic rings. The van der Waals surface area contributed by atoms with E-state index in [0.29, 0.717) is 12.0 Å². The fraction of sp³-hybridized carbons (Fsp3) is 0.222. The molecule has 24 heavy (non-hydrogen) atoms. The predicted molar refractivity (Wildman–Crippen MR) is 95.2 cm³/mol. The zero-order valence-corrected chi connectivity index (χ0v) is 14.8. The van der Waals surface area contributed by atoms with Gasteiger partial charge >= 0.3 is 0 Å². The van der Waals surface area contributed by atoms with E-state index in [-0.39, 0.29) is 0 Å². The summed E-state index contributed by atoms with van der Waals surface area (Å²) in [5, 5.41) is 2.68. The summed E-state index contributed by atoms with van der Waals surface area (Å²) in [4.78, 5) is 24.2. The smallest absolute Gasteiger partial charge is 0.254 e. The average molecular weight is 391 g/mol. The van der Waals surface area contributed by atoms with Crippen molar-refractivity contribution < 1.29 is 14.3 Å². The summed E-state index contributed by atoms with van der Waals surface area (Å²) in [7, 11) is 1.45. The van der Waals surface area contributed by atoms with Gasteiger partial charge in [0.2, 0.25) is 5.91 Å². The third-order valence-electron chi connectivity index (χ3n) is 3.59.